The first-order valence-electron chi connectivity index (χ1n) is 10.0. The number of methoxy groups -OCH3 is 1. The zero-order valence-electron chi connectivity index (χ0n) is 17.0. The summed E-state index contributed by atoms with van der Waals surface area (Å²) in [4.78, 5) is 0. The average molecular weight is 454 g/mol. The van der Waals surface area contributed by atoms with Crippen molar-refractivity contribution in [2.75, 3.05) is 7.11 Å². The predicted octanol–water partition coefficient (Wildman–Crippen LogP) is 6.67. The van der Waals surface area contributed by atoms with Gasteiger partial charge in [-0.2, -0.15) is 0 Å². The lowest BCUT2D eigenvalue weighted by atomic mass is 10.0. The van der Waals surface area contributed by atoms with Gasteiger partial charge in [0.05, 0.1) is 11.6 Å². The molecular weight excluding hydrogens is 426 g/mol. The van der Waals surface area contributed by atoms with Gasteiger partial charge in [-0.3, -0.25) is 0 Å². The van der Waals surface area contributed by atoms with Crippen molar-refractivity contribution in [1.29, 1.82) is 0 Å². The fourth-order valence-corrected chi connectivity index (χ4v) is 3.95. The van der Waals surface area contributed by atoms with Crippen molar-refractivity contribution < 1.29 is 9.47 Å². The molecule has 0 heterocycles. The molecule has 3 rings (SSSR count). The second-order valence-corrected chi connectivity index (χ2v) is 7.87. The smallest absolute Gasteiger partial charge is 0.175 e. The Bertz CT molecular complexity index is 884. The summed E-state index contributed by atoms with van der Waals surface area (Å²) in [5.74, 6) is 1.46. The molecule has 1 N–H and O–H groups in total. The average Bonchev–Trinajstić information content (AvgIpc) is 2.76. The van der Waals surface area contributed by atoms with Crippen LogP contribution < -0.4 is 14.8 Å². The fourth-order valence-electron chi connectivity index (χ4n) is 3.35. The topological polar surface area (TPSA) is 30.5 Å². The van der Waals surface area contributed by atoms with Gasteiger partial charge in [-0.15, -0.1) is 0 Å². The molecule has 0 fully saturated rings. The highest BCUT2D eigenvalue weighted by atomic mass is 79.9. The SMILES string of the molecule is CCCC(NCc1cc(Br)c(OCc2ccccc2)c(OC)c1)c1ccccc1. The summed E-state index contributed by atoms with van der Waals surface area (Å²) in [5.41, 5.74) is 3.60. The van der Waals surface area contributed by atoms with Gasteiger partial charge in [-0.1, -0.05) is 74.0 Å². The molecule has 0 aromatic heterocycles. The highest BCUT2D eigenvalue weighted by Crippen LogP contribution is 2.37. The summed E-state index contributed by atoms with van der Waals surface area (Å²) in [6.45, 7) is 3.48. The van der Waals surface area contributed by atoms with E-state index >= 15 is 0 Å². The molecule has 0 saturated heterocycles. The van der Waals surface area contributed by atoms with Crippen LogP contribution in [0.4, 0.5) is 0 Å². The Kier molecular flexibility index (Phi) is 8.14. The van der Waals surface area contributed by atoms with E-state index in [4.69, 9.17) is 9.47 Å². The van der Waals surface area contributed by atoms with E-state index in [1.807, 2.05) is 24.3 Å². The van der Waals surface area contributed by atoms with Gasteiger partial charge in [0.1, 0.15) is 6.61 Å². The zero-order chi connectivity index (χ0) is 20.5. The van der Waals surface area contributed by atoms with Crippen LogP contribution in [0.3, 0.4) is 0 Å². The van der Waals surface area contributed by atoms with Crippen LogP contribution in [-0.2, 0) is 13.2 Å². The minimum absolute atomic E-state index is 0.333. The Morgan fingerprint density at radius 1 is 0.931 bits per heavy atom. The van der Waals surface area contributed by atoms with Crippen LogP contribution in [0.5, 0.6) is 11.5 Å². The van der Waals surface area contributed by atoms with Crippen LogP contribution in [0.1, 0.15) is 42.5 Å². The lowest BCUT2D eigenvalue weighted by Crippen LogP contribution is -2.20. The maximum Gasteiger partial charge on any atom is 0.175 e. The van der Waals surface area contributed by atoms with Crippen LogP contribution in [0.2, 0.25) is 0 Å². The van der Waals surface area contributed by atoms with E-state index in [0.29, 0.717) is 12.6 Å². The van der Waals surface area contributed by atoms with Gasteiger partial charge in [0, 0.05) is 12.6 Å². The Balaban J connectivity index is 1.70. The lowest BCUT2D eigenvalue weighted by molar-refractivity contribution is 0.282. The predicted molar refractivity (Wildman–Crippen MR) is 122 cm³/mol. The first kappa shape index (κ1) is 21.4. The third kappa shape index (κ3) is 6.09. The summed E-state index contributed by atoms with van der Waals surface area (Å²) >= 11 is 3.66. The van der Waals surface area contributed by atoms with E-state index in [-0.39, 0.29) is 0 Å². The number of benzene rings is 3. The molecule has 0 aliphatic heterocycles. The van der Waals surface area contributed by atoms with E-state index < -0.39 is 0 Å². The van der Waals surface area contributed by atoms with Crippen molar-refractivity contribution in [3.8, 4) is 11.5 Å². The molecule has 0 bridgehead atoms. The molecule has 0 spiro atoms. The monoisotopic (exact) mass is 453 g/mol. The van der Waals surface area contributed by atoms with Crippen LogP contribution in [0.25, 0.3) is 0 Å². The van der Waals surface area contributed by atoms with Crippen molar-refractivity contribution in [3.05, 3.63) is 94.0 Å². The van der Waals surface area contributed by atoms with E-state index in [0.717, 1.165) is 46.5 Å². The number of rotatable bonds is 10. The summed E-state index contributed by atoms with van der Waals surface area (Å²) < 4.78 is 12.6. The molecule has 0 amide bonds. The Labute approximate surface area is 182 Å². The third-order valence-corrected chi connectivity index (χ3v) is 5.44. The third-order valence-electron chi connectivity index (χ3n) is 4.85. The molecule has 29 heavy (non-hydrogen) atoms. The molecular formula is C25H28BrNO2. The second kappa shape index (κ2) is 11.0. The van der Waals surface area contributed by atoms with Crippen molar-refractivity contribution in [2.45, 2.75) is 39.0 Å². The summed E-state index contributed by atoms with van der Waals surface area (Å²) in [6.07, 6.45) is 2.23. The number of nitrogens with one attached hydrogen (secondary N) is 1. The van der Waals surface area contributed by atoms with Gasteiger partial charge in [0.2, 0.25) is 0 Å². The zero-order valence-corrected chi connectivity index (χ0v) is 18.6. The lowest BCUT2D eigenvalue weighted by Gasteiger charge is -2.20. The molecule has 3 aromatic rings. The number of halogens is 1. The van der Waals surface area contributed by atoms with Crippen molar-refractivity contribution in [1.82, 2.24) is 5.32 Å². The second-order valence-electron chi connectivity index (χ2n) is 7.02. The Morgan fingerprint density at radius 2 is 1.62 bits per heavy atom. The van der Waals surface area contributed by atoms with E-state index in [9.17, 15) is 0 Å². The largest absolute Gasteiger partial charge is 0.493 e. The highest BCUT2D eigenvalue weighted by Gasteiger charge is 2.14. The van der Waals surface area contributed by atoms with E-state index in [2.05, 4.69) is 76.7 Å². The van der Waals surface area contributed by atoms with Gasteiger partial charge >= 0.3 is 0 Å². The summed E-state index contributed by atoms with van der Waals surface area (Å²) in [5, 5.41) is 3.69. The summed E-state index contributed by atoms with van der Waals surface area (Å²) in [6, 6.07) is 25.2. The van der Waals surface area contributed by atoms with Crippen LogP contribution in [0, 0.1) is 0 Å². The molecule has 3 nitrogen and oxygen atoms in total. The molecule has 0 radical (unpaired) electrons. The van der Waals surface area contributed by atoms with Crippen molar-refractivity contribution in [3.63, 3.8) is 0 Å². The molecule has 1 atom stereocenters. The van der Waals surface area contributed by atoms with Gasteiger partial charge in [-0.25, -0.2) is 0 Å². The minimum Gasteiger partial charge on any atom is -0.493 e. The van der Waals surface area contributed by atoms with Crippen LogP contribution in [-0.4, -0.2) is 7.11 Å². The number of ether oxygens (including phenoxy) is 2. The summed E-state index contributed by atoms with van der Waals surface area (Å²) in [7, 11) is 1.68. The number of hydrogen-bond donors (Lipinski definition) is 1. The molecule has 0 saturated carbocycles. The van der Waals surface area contributed by atoms with Gasteiger partial charge < -0.3 is 14.8 Å². The van der Waals surface area contributed by atoms with Gasteiger partial charge in [0.25, 0.3) is 0 Å². The van der Waals surface area contributed by atoms with Crippen LogP contribution >= 0.6 is 15.9 Å². The molecule has 3 aromatic carbocycles. The molecule has 4 heteroatoms. The van der Waals surface area contributed by atoms with Crippen LogP contribution in [0.15, 0.2) is 77.3 Å². The Hall–Kier alpha value is -2.30. The first-order valence-corrected chi connectivity index (χ1v) is 10.8. The van der Waals surface area contributed by atoms with Crippen molar-refractivity contribution >= 4 is 15.9 Å². The normalized spacial score (nSPS) is 11.8. The molecule has 1 unspecified atom stereocenters. The maximum atomic E-state index is 6.04. The highest BCUT2D eigenvalue weighted by molar-refractivity contribution is 9.10. The Morgan fingerprint density at radius 3 is 2.28 bits per heavy atom. The number of hydrogen-bond acceptors (Lipinski definition) is 3. The fraction of sp³-hybridized carbons (Fsp3) is 0.280. The maximum absolute atomic E-state index is 6.04. The van der Waals surface area contributed by atoms with E-state index in [1.165, 1.54) is 5.56 Å². The van der Waals surface area contributed by atoms with E-state index in [1.54, 1.807) is 7.11 Å². The molecule has 152 valence electrons. The standard InChI is InChI=1S/C25H28BrNO2/c1-3-10-23(21-13-8-5-9-14-21)27-17-20-15-22(26)25(24(16-20)28-2)29-18-19-11-6-4-7-12-19/h4-9,11-16,23,27H,3,10,17-18H2,1-2H3. The molecule has 0 aliphatic carbocycles. The molecule has 0 aliphatic rings. The van der Waals surface area contributed by atoms with Gasteiger partial charge in [-0.05, 0) is 51.2 Å². The minimum atomic E-state index is 0.333. The first-order chi connectivity index (χ1) is 14.2. The van der Waals surface area contributed by atoms with Gasteiger partial charge in [0.15, 0.2) is 11.5 Å². The van der Waals surface area contributed by atoms with Crippen molar-refractivity contribution in [2.24, 2.45) is 0 Å². The quantitative estimate of drug-likeness (QED) is 0.371.